The Balaban J connectivity index is 0.00000220. The minimum Gasteiger partial charge on any atom is -0.339 e. The van der Waals surface area contributed by atoms with Crippen LogP contribution in [0, 0.1) is 0 Å². The molecule has 0 spiro atoms. The number of hydrogen-bond acceptors (Lipinski definition) is 6. The zero-order valence-electron chi connectivity index (χ0n) is 13.1. The molecule has 5 nitrogen and oxygen atoms in total. The summed E-state index contributed by atoms with van der Waals surface area (Å²) < 4.78 is 5.28. The molecule has 0 radical (unpaired) electrons. The Bertz CT molecular complexity index is 561. The lowest BCUT2D eigenvalue weighted by Crippen LogP contribution is -2.24. The third kappa shape index (κ3) is 5.05. The summed E-state index contributed by atoms with van der Waals surface area (Å²) in [5.74, 6) is 1.38. The van der Waals surface area contributed by atoms with E-state index in [1.54, 1.807) is 11.3 Å². The molecule has 1 unspecified atom stereocenters. The molecule has 0 saturated heterocycles. The fourth-order valence-electron chi connectivity index (χ4n) is 1.71. The molecule has 0 fully saturated rings. The van der Waals surface area contributed by atoms with E-state index >= 15 is 0 Å². The highest BCUT2D eigenvalue weighted by Gasteiger charge is 2.19. The summed E-state index contributed by atoms with van der Waals surface area (Å²) in [4.78, 5) is 9.05. The molecule has 2 rings (SSSR count). The Labute approximate surface area is 136 Å². The molecule has 0 amide bonds. The van der Waals surface area contributed by atoms with E-state index in [2.05, 4.69) is 53.5 Å². The molecule has 2 aromatic heterocycles. The minimum absolute atomic E-state index is 0. The van der Waals surface area contributed by atoms with E-state index in [0.717, 1.165) is 22.9 Å². The highest BCUT2D eigenvalue weighted by Crippen LogP contribution is 2.26. The first-order valence-corrected chi connectivity index (χ1v) is 7.70. The largest absolute Gasteiger partial charge is 0.339 e. The van der Waals surface area contributed by atoms with Crippen molar-refractivity contribution in [3.8, 4) is 0 Å². The number of nitrogens with one attached hydrogen (secondary N) is 1. The first-order valence-electron chi connectivity index (χ1n) is 6.82. The minimum atomic E-state index is 0. The van der Waals surface area contributed by atoms with Gasteiger partial charge in [-0.05, 0) is 14.0 Å². The van der Waals surface area contributed by atoms with Gasteiger partial charge < -0.3 is 9.84 Å². The van der Waals surface area contributed by atoms with Gasteiger partial charge in [0, 0.05) is 23.3 Å². The highest BCUT2D eigenvalue weighted by atomic mass is 35.5. The molecule has 0 aliphatic carbocycles. The Morgan fingerprint density at radius 1 is 1.33 bits per heavy atom. The van der Waals surface area contributed by atoms with Crippen LogP contribution in [0.15, 0.2) is 9.90 Å². The van der Waals surface area contributed by atoms with E-state index < -0.39 is 0 Å². The first kappa shape index (κ1) is 18.1. The second-order valence-electron chi connectivity index (χ2n) is 6.07. The summed E-state index contributed by atoms with van der Waals surface area (Å²) in [5.41, 5.74) is 1.09. The van der Waals surface area contributed by atoms with Crippen molar-refractivity contribution >= 4 is 23.7 Å². The lowest BCUT2D eigenvalue weighted by atomic mass is 9.98. The predicted molar refractivity (Wildman–Crippen MR) is 87.4 cm³/mol. The molecular weight excluding hydrogens is 308 g/mol. The maximum atomic E-state index is 5.28. The number of thiazole rings is 1. The van der Waals surface area contributed by atoms with Gasteiger partial charge in [0.2, 0.25) is 5.89 Å². The maximum absolute atomic E-state index is 5.28. The van der Waals surface area contributed by atoms with Crippen molar-refractivity contribution in [2.45, 2.75) is 52.0 Å². The molecule has 0 aromatic carbocycles. The van der Waals surface area contributed by atoms with Gasteiger partial charge in [-0.1, -0.05) is 25.9 Å². The third-order valence-corrected chi connectivity index (χ3v) is 4.33. The van der Waals surface area contributed by atoms with Crippen molar-refractivity contribution in [2.24, 2.45) is 0 Å². The van der Waals surface area contributed by atoms with E-state index in [0.29, 0.717) is 18.4 Å². The summed E-state index contributed by atoms with van der Waals surface area (Å²) in [6, 6.07) is 0.340. The number of nitrogens with zero attached hydrogens (tertiary/aromatic N) is 3. The molecule has 1 N–H and O–H groups in total. The number of hydrogen-bond donors (Lipinski definition) is 1. The van der Waals surface area contributed by atoms with Crippen molar-refractivity contribution in [2.75, 3.05) is 7.05 Å². The maximum Gasteiger partial charge on any atom is 0.232 e. The van der Waals surface area contributed by atoms with Gasteiger partial charge in [0.05, 0.1) is 17.1 Å². The molecule has 2 aromatic rings. The van der Waals surface area contributed by atoms with Crippen molar-refractivity contribution < 1.29 is 4.52 Å². The molecule has 7 heteroatoms. The van der Waals surface area contributed by atoms with Crippen LogP contribution < -0.4 is 5.32 Å². The van der Waals surface area contributed by atoms with Crippen LogP contribution in [0.5, 0.6) is 0 Å². The molecule has 118 valence electrons. The number of rotatable bonds is 5. The van der Waals surface area contributed by atoms with Crippen LogP contribution in [-0.2, 0) is 18.3 Å². The second-order valence-corrected chi connectivity index (χ2v) is 6.93. The molecule has 2 heterocycles. The van der Waals surface area contributed by atoms with Gasteiger partial charge in [-0.25, -0.2) is 4.98 Å². The lowest BCUT2D eigenvalue weighted by molar-refractivity contribution is 0.376. The summed E-state index contributed by atoms with van der Waals surface area (Å²) in [6.07, 6.45) is 1.37. The molecule has 0 saturated carbocycles. The van der Waals surface area contributed by atoms with Crippen LogP contribution in [0.4, 0.5) is 0 Å². The normalized spacial score (nSPS) is 13.0. The second kappa shape index (κ2) is 7.33. The van der Waals surface area contributed by atoms with Gasteiger partial charge in [-0.2, -0.15) is 4.98 Å². The molecule has 0 bridgehead atoms. The van der Waals surface area contributed by atoms with Gasteiger partial charge in [0.15, 0.2) is 5.82 Å². The van der Waals surface area contributed by atoms with Gasteiger partial charge in [0.1, 0.15) is 0 Å². The van der Waals surface area contributed by atoms with Gasteiger partial charge in [0.25, 0.3) is 0 Å². The molecule has 0 aliphatic heterocycles. The van der Waals surface area contributed by atoms with Gasteiger partial charge in [-0.3, -0.25) is 0 Å². The van der Waals surface area contributed by atoms with Crippen molar-refractivity contribution in [1.82, 2.24) is 20.4 Å². The zero-order chi connectivity index (χ0) is 14.8. The van der Waals surface area contributed by atoms with Gasteiger partial charge >= 0.3 is 0 Å². The number of aromatic nitrogens is 3. The Kier molecular flexibility index (Phi) is 6.31. The quantitative estimate of drug-likeness (QED) is 0.913. The van der Waals surface area contributed by atoms with E-state index in [-0.39, 0.29) is 17.8 Å². The Morgan fingerprint density at radius 3 is 2.62 bits per heavy atom. The molecule has 21 heavy (non-hydrogen) atoms. The smallest absolute Gasteiger partial charge is 0.232 e. The van der Waals surface area contributed by atoms with Crippen LogP contribution >= 0.6 is 23.7 Å². The van der Waals surface area contributed by atoms with Crippen LogP contribution in [-0.4, -0.2) is 28.2 Å². The van der Waals surface area contributed by atoms with Gasteiger partial charge in [-0.15, -0.1) is 23.7 Å². The topological polar surface area (TPSA) is 63.8 Å². The molecule has 1 atom stereocenters. The van der Waals surface area contributed by atoms with E-state index in [9.17, 15) is 0 Å². The van der Waals surface area contributed by atoms with E-state index in [1.165, 1.54) is 0 Å². The summed E-state index contributed by atoms with van der Waals surface area (Å²) in [7, 11) is 1.93. The Hall–Kier alpha value is -0.980. The van der Waals surface area contributed by atoms with Crippen LogP contribution in [0.25, 0.3) is 0 Å². The zero-order valence-corrected chi connectivity index (χ0v) is 14.8. The highest BCUT2D eigenvalue weighted by molar-refractivity contribution is 7.09. The standard InChI is InChI=1S/C14H22N4OS.ClH/c1-9(15-5)6-11-17-12(19-18-11)7-10-8-20-13(16-10)14(2,3)4;/h8-9,15H,6-7H2,1-5H3;1H. The third-order valence-electron chi connectivity index (χ3n) is 3.02. The van der Waals surface area contributed by atoms with Crippen LogP contribution in [0.2, 0.25) is 0 Å². The summed E-state index contributed by atoms with van der Waals surface area (Å²) >= 11 is 1.69. The Morgan fingerprint density at radius 2 is 2.05 bits per heavy atom. The van der Waals surface area contributed by atoms with Crippen molar-refractivity contribution in [3.63, 3.8) is 0 Å². The fraction of sp³-hybridized carbons (Fsp3) is 0.643. The van der Waals surface area contributed by atoms with E-state index in [4.69, 9.17) is 4.52 Å². The monoisotopic (exact) mass is 330 g/mol. The number of likely N-dealkylation sites (N-methyl/N-ethyl adjacent to an activating group) is 1. The lowest BCUT2D eigenvalue weighted by Gasteiger charge is -2.13. The number of halogens is 1. The molecule has 0 aliphatic rings. The average Bonchev–Trinajstić information content (AvgIpc) is 2.98. The van der Waals surface area contributed by atoms with Crippen LogP contribution in [0.3, 0.4) is 0 Å². The summed E-state index contributed by atoms with van der Waals surface area (Å²) in [6.45, 7) is 8.59. The van der Waals surface area contributed by atoms with E-state index in [1.807, 2.05) is 7.05 Å². The van der Waals surface area contributed by atoms with Crippen molar-refractivity contribution in [3.05, 3.63) is 27.8 Å². The fourth-order valence-corrected chi connectivity index (χ4v) is 2.62. The molecular formula is C14H23ClN4OS. The SMILES string of the molecule is CNC(C)Cc1noc(Cc2csc(C(C)(C)C)n2)n1.Cl. The summed E-state index contributed by atoms with van der Waals surface area (Å²) in [5, 5.41) is 10.4. The predicted octanol–water partition coefficient (Wildman–Crippen LogP) is 2.99. The first-order chi connectivity index (χ1) is 9.38. The van der Waals surface area contributed by atoms with Crippen molar-refractivity contribution in [1.29, 1.82) is 0 Å². The average molecular weight is 331 g/mol. The van der Waals surface area contributed by atoms with Crippen LogP contribution in [0.1, 0.15) is 50.1 Å².